The number of anilines is 2. The van der Waals surface area contributed by atoms with E-state index in [2.05, 4.69) is 15.6 Å². The van der Waals surface area contributed by atoms with Gasteiger partial charge in [0.1, 0.15) is 17.5 Å². The van der Waals surface area contributed by atoms with Crippen molar-refractivity contribution in [3.8, 4) is 11.1 Å². The van der Waals surface area contributed by atoms with Gasteiger partial charge in [-0.15, -0.1) is 0 Å². The van der Waals surface area contributed by atoms with Crippen molar-refractivity contribution >= 4 is 23.3 Å². The molecule has 2 aromatic carbocycles. The van der Waals surface area contributed by atoms with E-state index in [4.69, 9.17) is 5.73 Å². The van der Waals surface area contributed by atoms with Crippen LogP contribution < -0.4 is 16.4 Å². The highest BCUT2D eigenvalue weighted by Crippen LogP contribution is 2.36. The number of halogens is 2. The summed E-state index contributed by atoms with van der Waals surface area (Å²) < 4.78 is 28.9. The molecule has 0 unspecified atom stereocenters. The van der Waals surface area contributed by atoms with Crippen molar-refractivity contribution < 1.29 is 18.4 Å². The number of aromatic nitrogens is 1. The molecule has 0 spiro atoms. The molecular weight excluding hydrogens is 366 g/mol. The van der Waals surface area contributed by atoms with Crippen LogP contribution in [0.2, 0.25) is 0 Å². The number of primary amides is 1. The first kappa shape index (κ1) is 19.1. The van der Waals surface area contributed by atoms with Gasteiger partial charge in [0.25, 0.3) is 5.91 Å². The van der Waals surface area contributed by atoms with Crippen LogP contribution in [0.25, 0.3) is 11.1 Å². The molecule has 0 atom stereocenters. The third kappa shape index (κ3) is 4.17. The van der Waals surface area contributed by atoms with E-state index in [1.54, 1.807) is 24.3 Å². The average molecular weight is 384 g/mol. The average Bonchev–Trinajstić information content (AvgIpc) is 3.05. The summed E-state index contributed by atoms with van der Waals surface area (Å²) >= 11 is 0. The van der Waals surface area contributed by atoms with E-state index in [1.165, 1.54) is 12.3 Å². The lowest BCUT2D eigenvalue weighted by Crippen LogP contribution is -2.28. The molecule has 6 nitrogen and oxygen atoms in total. The molecule has 1 heterocycles. The lowest BCUT2D eigenvalue weighted by Gasteiger charge is -2.12. The summed E-state index contributed by atoms with van der Waals surface area (Å²) in [6, 6.07) is 12.5. The van der Waals surface area contributed by atoms with Crippen molar-refractivity contribution in [3.05, 3.63) is 71.9 Å². The molecule has 3 aromatic rings. The lowest BCUT2D eigenvalue weighted by atomic mass is 10.0. The fourth-order valence-corrected chi connectivity index (χ4v) is 2.76. The molecule has 0 saturated carbocycles. The Bertz CT molecular complexity index is 982. The van der Waals surface area contributed by atoms with Gasteiger partial charge >= 0.3 is 0 Å². The van der Waals surface area contributed by atoms with E-state index in [9.17, 15) is 18.4 Å². The van der Waals surface area contributed by atoms with E-state index in [1.807, 2.05) is 6.07 Å². The Balaban J connectivity index is 2.03. The van der Waals surface area contributed by atoms with Crippen LogP contribution in [0.5, 0.6) is 0 Å². The number of aromatic amines is 1. The minimum absolute atomic E-state index is 0.0139. The third-order valence-electron chi connectivity index (χ3n) is 4.04. The SMILES string of the molecule is NC(=O)CCNC(=O)c1c[nH]c(Nc2ccccc2)c1-c1c(F)cccc1F. The Morgan fingerprint density at radius 2 is 1.64 bits per heavy atom. The molecule has 0 aliphatic heterocycles. The molecule has 0 aliphatic rings. The first-order chi connectivity index (χ1) is 13.5. The molecule has 0 fully saturated rings. The zero-order chi connectivity index (χ0) is 20.1. The van der Waals surface area contributed by atoms with Crippen molar-refractivity contribution in [1.29, 1.82) is 0 Å². The number of hydrogen-bond acceptors (Lipinski definition) is 3. The van der Waals surface area contributed by atoms with Gasteiger partial charge in [-0.2, -0.15) is 0 Å². The number of rotatable bonds is 7. The maximum absolute atomic E-state index is 14.5. The number of nitrogens with one attached hydrogen (secondary N) is 3. The van der Waals surface area contributed by atoms with Crippen molar-refractivity contribution in [1.82, 2.24) is 10.3 Å². The number of hydrogen-bond donors (Lipinski definition) is 4. The van der Waals surface area contributed by atoms with Crippen LogP contribution in [0.1, 0.15) is 16.8 Å². The predicted molar refractivity (Wildman–Crippen MR) is 102 cm³/mol. The quantitative estimate of drug-likeness (QED) is 0.503. The predicted octanol–water partition coefficient (Wildman–Crippen LogP) is 3.31. The highest BCUT2D eigenvalue weighted by Gasteiger charge is 2.24. The zero-order valence-corrected chi connectivity index (χ0v) is 14.8. The summed E-state index contributed by atoms with van der Waals surface area (Å²) in [6.07, 6.45) is 1.31. The Kier molecular flexibility index (Phi) is 5.69. The summed E-state index contributed by atoms with van der Waals surface area (Å²) in [6.45, 7) is 0.0139. The fourth-order valence-electron chi connectivity index (χ4n) is 2.76. The second-order valence-corrected chi connectivity index (χ2v) is 6.01. The number of H-pyrrole nitrogens is 1. The Labute approximate surface area is 159 Å². The molecular formula is C20H18F2N4O2. The summed E-state index contributed by atoms with van der Waals surface area (Å²) in [5, 5.41) is 5.56. The van der Waals surface area contributed by atoms with Crippen LogP contribution in [0.15, 0.2) is 54.7 Å². The minimum atomic E-state index is -0.804. The molecule has 0 aliphatic carbocycles. The number of nitrogens with two attached hydrogens (primary N) is 1. The normalized spacial score (nSPS) is 10.5. The molecule has 5 N–H and O–H groups in total. The van der Waals surface area contributed by atoms with Crippen LogP contribution >= 0.6 is 0 Å². The van der Waals surface area contributed by atoms with Gasteiger partial charge in [0, 0.05) is 30.4 Å². The van der Waals surface area contributed by atoms with E-state index in [0.29, 0.717) is 5.69 Å². The minimum Gasteiger partial charge on any atom is -0.370 e. The molecule has 3 rings (SSSR count). The van der Waals surface area contributed by atoms with Gasteiger partial charge in [0.15, 0.2) is 0 Å². The maximum Gasteiger partial charge on any atom is 0.253 e. The van der Waals surface area contributed by atoms with E-state index >= 15 is 0 Å². The Morgan fingerprint density at radius 1 is 0.964 bits per heavy atom. The molecule has 2 amide bonds. The largest absolute Gasteiger partial charge is 0.370 e. The number of amides is 2. The highest BCUT2D eigenvalue weighted by atomic mass is 19.1. The van der Waals surface area contributed by atoms with Crippen LogP contribution in [-0.2, 0) is 4.79 Å². The standard InChI is InChI=1S/C20H18F2N4O2/c21-14-7-4-8-15(22)18(14)17-13(20(28)24-10-9-16(23)27)11-25-19(17)26-12-5-2-1-3-6-12/h1-8,11,25-26H,9-10H2,(H2,23,27)(H,24,28). The Hall–Kier alpha value is -3.68. The maximum atomic E-state index is 14.5. The zero-order valence-electron chi connectivity index (χ0n) is 14.8. The first-order valence-corrected chi connectivity index (χ1v) is 8.51. The molecule has 144 valence electrons. The molecule has 8 heteroatoms. The van der Waals surface area contributed by atoms with E-state index in [0.717, 1.165) is 12.1 Å². The molecule has 0 bridgehead atoms. The summed E-state index contributed by atoms with van der Waals surface area (Å²) in [4.78, 5) is 26.3. The molecule has 28 heavy (non-hydrogen) atoms. The van der Waals surface area contributed by atoms with Crippen LogP contribution in [0.4, 0.5) is 20.3 Å². The number of carbonyl (C=O) groups is 2. The van der Waals surface area contributed by atoms with Gasteiger partial charge in [-0.1, -0.05) is 24.3 Å². The van der Waals surface area contributed by atoms with Gasteiger partial charge in [-0.3, -0.25) is 9.59 Å². The second kappa shape index (κ2) is 8.34. The van der Waals surface area contributed by atoms with Gasteiger partial charge in [0.05, 0.1) is 11.1 Å². The monoisotopic (exact) mass is 384 g/mol. The Morgan fingerprint density at radius 3 is 2.29 bits per heavy atom. The van der Waals surface area contributed by atoms with Crippen LogP contribution in [0, 0.1) is 11.6 Å². The summed E-state index contributed by atoms with van der Waals surface area (Å²) in [5.41, 5.74) is 5.49. The topological polar surface area (TPSA) is 100 Å². The number of para-hydroxylation sites is 1. The van der Waals surface area contributed by atoms with Crippen LogP contribution in [-0.4, -0.2) is 23.3 Å². The first-order valence-electron chi connectivity index (χ1n) is 8.51. The smallest absolute Gasteiger partial charge is 0.253 e. The van der Waals surface area contributed by atoms with Crippen molar-refractivity contribution in [2.24, 2.45) is 5.73 Å². The molecule has 0 saturated heterocycles. The van der Waals surface area contributed by atoms with Gasteiger partial charge < -0.3 is 21.4 Å². The summed E-state index contributed by atoms with van der Waals surface area (Å²) in [5.74, 6) is -2.50. The fraction of sp³-hybridized carbons (Fsp3) is 0.100. The van der Waals surface area contributed by atoms with E-state index in [-0.39, 0.29) is 35.5 Å². The number of carbonyl (C=O) groups excluding carboxylic acids is 2. The van der Waals surface area contributed by atoms with Crippen LogP contribution in [0.3, 0.4) is 0 Å². The van der Waals surface area contributed by atoms with Crippen molar-refractivity contribution in [2.45, 2.75) is 6.42 Å². The van der Waals surface area contributed by atoms with Gasteiger partial charge in [-0.25, -0.2) is 8.78 Å². The second-order valence-electron chi connectivity index (χ2n) is 6.01. The highest BCUT2D eigenvalue weighted by molar-refractivity contribution is 6.04. The van der Waals surface area contributed by atoms with Gasteiger partial charge in [-0.05, 0) is 24.3 Å². The van der Waals surface area contributed by atoms with Crippen molar-refractivity contribution in [2.75, 3.05) is 11.9 Å². The third-order valence-corrected chi connectivity index (χ3v) is 4.04. The van der Waals surface area contributed by atoms with E-state index < -0.39 is 23.4 Å². The lowest BCUT2D eigenvalue weighted by molar-refractivity contribution is -0.117. The molecule has 0 radical (unpaired) electrons. The van der Waals surface area contributed by atoms with Gasteiger partial charge in [0.2, 0.25) is 5.91 Å². The molecule has 1 aromatic heterocycles. The van der Waals surface area contributed by atoms with Crippen molar-refractivity contribution in [3.63, 3.8) is 0 Å². The summed E-state index contributed by atoms with van der Waals surface area (Å²) in [7, 11) is 0. The number of benzene rings is 2.